The first-order valence-corrected chi connectivity index (χ1v) is 8.34. The topological polar surface area (TPSA) is 33.2 Å². The van der Waals surface area contributed by atoms with Crippen LogP contribution < -0.4 is 0 Å². The lowest BCUT2D eigenvalue weighted by Crippen LogP contribution is -2.42. The highest BCUT2D eigenvalue weighted by Crippen LogP contribution is 2.28. The quantitative estimate of drug-likeness (QED) is 0.775. The van der Waals surface area contributed by atoms with E-state index in [1.54, 1.807) is 6.07 Å². The van der Waals surface area contributed by atoms with Gasteiger partial charge in [0.2, 0.25) is 0 Å². The van der Waals surface area contributed by atoms with Crippen LogP contribution in [0.15, 0.2) is 12.1 Å². The first-order chi connectivity index (χ1) is 10.0. The Morgan fingerprint density at radius 1 is 1.38 bits per heavy atom. The number of hydrogen-bond donors (Lipinski definition) is 0. The summed E-state index contributed by atoms with van der Waals surface area (Å²) in [6.45, 7) is 4.34. The molecule has 4 heteroatoms. The van der Waals surface area contributed by atoms with Gasteiger partial charge < -0.3 is 4.90 Å². The Bertz CT molecular complexity index is 504. The van der Waals surface area contributed by atoms with Gasteiger partial charge in [0.1, 0.15) is 5.15 Å². The largest absolute Gasteiger partial charge is 0.338 e. The Balaban J connectivity index is 2.18. The second-order valence-corrected chi connectivity index (χ2v) is 6.55. The molecular formula is C17H25ClN2O. The second-order valence-electron chi connectivity index (χ2n) is 6.17. The molecule has 0 bridgehead atoms. The van der Waals surface area contributed by atoms with Gasteiger partial charge in [-0.05, 0) is 37.3 Å². The van der Waals surface area contributed by atoms with Crippen LogP contribution in [0, 0.1) is 5.92 Å². The van der Waals surface area contributed by atoms with Crippen LogP contribution in [0.1, 0.15) is 62.0 Å². The molecule has 0 radical (unpaired) electrons. The first-order valence-electron chi connectivity index (χ1n) is 7.96. The minimum Gasteiger partial charge on any atom is -0.338 e. The van der Waals surface area contributed by atoms with Crippen molar-refractivity contribution < 1.29 is 4.79 Å². The van der Waals surface area contributed by atoms with E-state index in [2.05, 4.69) is 18.8 Å². The fourth-order valence-corrected chi connectivity index (χ4v) is 3.51. The van der Waals surface area contributed by atoms with Crippen LogP contribution in [0.25, 0.3) is 0 Å². The predicted molar refractivity (Wildman–Crippen MR) is 86.8 cm³/mol. The summed E-state index contributed by atoms with van der Waals surface area (Å²) in [6.07, 6.45) is 6.65. The van der Waals surface area contributed by atoms with E-state index in [0.717, 1.165) is 25.0 Å². The average Bonchev–Trinajstić information content (AvgIpc) is 2.46. The molecule has 0 N–H and O–H groups in total. The Labute approximate surface area is 132 Å². The van der Waals surface area contributed by atoms with E-state index >= 15 is 0 Å². The lowest BCUT2D eigenvalue weighted by molar-refractivity contribution is 0.0628. The normalized spacial score (nSPS) is 22.1. The number of rotatable bonds is 4. The summed E-state index contributed by atoms with van der Waals surface area (Å²) in [5, 5.41) is 0.411. The summed E-state index contributed by atoms with van der Waals surface area (Å²) >= 11 is 6.07. The number of halogens is 1. The molecule has 2 atom stereocenters. The van der Waals surface area contributed by atoms with E-state index in [-0.39, 0.29) is 5.91 Å². The molecule has 1 saturated carbocycles. The first kappa shape index (κ1) is 16.3. The molecule has 3 nitrogen and oxygen atoms in total. The van der Waals surface area contributed by atoms with Crippen molar-refractivity contribution >= 4 is 17.5 Å². The average molecular weight is 309 g/mol. The van der Waals surface area contributed by atoms with Crippen LogP contribution in [0.2, 0.25) is 5.15 Å². The SMILES string of the molecule is CCCc1cc(C(=O)N(C)C2CCCCC2C)cc(Cl)n1. The molecule has 0 aromatic carbocycles. The molecule has 21 heavy (non-hydrogen) atoms. The zero-order valence-electron chi connectivity index (χ0n) is 13.2. The molecule has 0 spiro atoms. The van der Waals surface area contributed by atoms with Crippen molar-refractivity contribution in [3.63, 3.8) is 0 Å². The van der Waals surface area contributed by atoms with E-state index in [9.17, 15) is 4.79 Å². The third-order valence-electron chi connectivity index (χ3n) is 4.48. The van der Waals surface area contributed by atoms with Gasteiger partial charge in [-0.25, -0.2) is 4.98 Å². The zero-order valence-corrected chi connectivity index (χ0v) is 14.0. The summed E-state index contributed by atoms with van der Waals surface area (Å²) in [7, 11) is 1.92. The Morgan fingerprint density at radius 2 is 2.10 bits per heavy atom. The number of aryl methyl sites for hydroxylation is 1. The van der Waals surface area contributed by atoms with Gasteiger partial charge in [-0.1, -0.05) is 44.7 Å². The maximum atomic E-state index is 12.7. The molecule has 0 aliphatic heterocycles. The third kappa shape index (κ3) is 3.97. The molecule has 2 unspecified atom stereocenters. The predicted octanol–water partition coefficient (Wildman–Crippen LogP) is 4.34. The van der Waals surface area contributed by atoms with Crippen LogP contribution in [0.5, 0.6) is 0 Å². The van der Waals surface area contributed by atoms with Crippen molar-refractivity contribution in [2.45, 2.75) is 58.4 Å². The van der Waals surface area contributed by atoms with E-state index in [1.807, 2.05) is 18.0 Å². The lowest BCUT2D eigenvalue weighted by Gasteiger charge is -2.36. The lowest BCUT2D eigenvalue weighted by atomic mass is 9.85. The molecule has 1 aromatic heterocycles. The molecule has 116 valence electrons. The van der Waals surface area contributed by atoms with Crippen LogP contribution in [-0.4, -0.2) is 28.9 Å². The van der Waals surface area contributed by atoms with Gasteiger partial charge in [-0.3, -0.25) is 4.79 Å². The van der Waals surface area contributed by atoms with E-state index < -0.39 is 0 Å². The van der Waals surface area contributed by atoms with Crippen LogP contribution in [0.4, 0.5) is 0 Å². The Kier molecular flexibility index (Phi) is 5.63. The number of nitrogens with zero attached hydrogens (tertiary/aromatic N) is 2. The molecule has 1 aliphatic rings. The maximum Gasteiger partial charge on any atom is 0.254 e. The molecule has 2 rings (SSSR count). The van der Waals surface area contributed by atoms with Gasteiger partial charge >= 0.3 is 0 Å². The van der Waals surface area contributed by atoms with Crippen LogP contribution in [-0.2, 0) is 6.42 Å². The molecule has 1 fully saturated rings. The molecule has 1 heterocycles. The molecule has 1 amide bonds. The van der Waals surface area contributed by atoms with Gasteiger partial charge in [0.25, 0.3) is 5.91 Å². The number of carbonyl (C=O) groups excluding carboxylic acids is 1. The van der Waals surface area contributed by atoms with Crippen LogP contribution >= 0.6 is 11.6 Å². The minimum absolute atomic E-state index is 0.0652. The molecular weight excluding hydrogens is 284 g/mol. The Morgan fingerprint density at radius 3 is 2.76 bits per heavy atom. The number of pyridine rings is 1. The van der Waals surface area contributed by atoms with Crippen molar-refractivity contribution in [2.75, 3.05) is 7.05 Å². The van der Waals surface area contributed by atoms with E-state index in [4.69, 9.17) is 11.6 Å². The van der Waals surface area contributed by atoms with Crippen molar-refractivity contribution in [1.82, 2.24) is 9.88 Å². The summed E-state index contributed by atoms with van der Waals surface area (Å²) in [5.41, 5.74) is 1.57. The maximum absolute atomic E-state index is 12.7. The van der Waals surface area contributed by atoms with Crippen molar-refractivity contribution in [1.29, 1.82) is 0 Å². The highest BCUT2D eigenvalue weighted by molar-refractivity contribution is 6.29. The fraction of sp³-hybridized carbons (Fsp3) is 0.647. The van der Waals surface area contributed by atoms with Gasteiger partial charge in [-0.15, -0.1) is 0 Å². The zero-order chi connectivity index (χ0) is 15.4. The smallest absolute Gasteiger partial charge is 0.254 e. The van der Waals surface area contributed by atoms with Crippen molar-refractivity contribution in [3.05, 3.63) is 28.5 Å². The highest BCUT2D eigenvalue weighted by atomic mass is 35.5. The van der Waals surface area contributed by atoms with E-state index in [0.29, 0.717) is 22.7 Å². The monoisotopic (exact) mass is 308 g/mol. The van der Waals surface area contributed by atoms with E-state index in [1.165, 1.54) is 19.3 Å². The number of hydrogen-bond acceptors (Lipinski definition) is 2. The van der Waals surface area contributed by atoms with Crippen molar-refractivity contribution in [2.24, 2.45) is 5.92 Å². The van der Waals surface area contributed by atoms with Crippen LogP contribution in [0.3, 0.4) is 0 Å². The fourth-order valence-electron chi connectivity index (χ4n) is 3.29. The number of aromatic nitrogens is 1. The minimum atomic E-state index is 0.0652. The van der Waals surface area contributed by atoms with Gasteiger partial charge in [0.05, 0.1) is 0 Å². The van der Waals surface area contributed by atoms with Gasteiger partial charge in [-0.2, -0.15) is 0 Å². The summed E-state index contributed by atoms with van der Waals surface area (Å²) in [4.78, 5) is 18.9. The Hall–Kier alpha value is -1.09. The molecule has 1 aliphatic carbocycles. The molecule has 0 saturated heterocycles. The van der Waals surface area contributed by atoms with Gasteiger partial charge in [0.15, 0.2) is 0 Å². The standard InChI is InChI=1S/C17H25ClN2O/c1-4-7-14-10-13(11-16(18)19-14)17(21)20(3)15-9-6-5-8-12(15)2/h10-12,15H,4-9H2,1-3H3. The third-order valence-corrected chi connectivity index (χ3v) is 4.68. The number of amides is 1. The van der Waals surface area contributed by atoms with Gasteiger partial charge in [0, 0.05) is 24.3 Å². The summed E-state index contributed by atoms with van der Waals surface area (Å²) in [6, 6.07) is 3.92. The van der Waals surface area contributed by atoms with Crippen molar-refractivity contribution in [3.8, 4) is 0 Å². The summed E-state index contributed by atoms with van der Waals surface area (Å²) < 4.78 is 0. The highest BCUT2D eigenvalue weighted by Gasteiger charge is 2.28. The summed E-state index contributed by atoms with van der Waals surface area (Å²) in [5.74, 6) is 0.635. The number of carbonyl (C=O) groups is 1. The second kappa shape index (κ2) is 7.26. The molecule has 1 aromatic rings.